The fourth-order valence-electron chi connectivity index (χ4n) is 2.63. The van der Waals surface area contributed by atoms with Crippen LogP contribution in [0.25, 0.3) is 0 Å². The Morgan fingerprint density at radius 2 is 2.14 bits per heavy atom. The van der Waals surface area contributed by atoms with Crippen LogP contribution in [0.5, 0.6) is 0 Å². The van der Waals surface area contributed by atoms with Crippen molar-refractivity contribution in [2.75, 3.05) is 37.0 Å². The first-order chi connectivity index (χ1) is 10.2. The Hall–Kier alpha value is -1.51. The maximum absolute atomic E-state index is 12.7. The number of anilines is 1. The van der Waals surface area contributed by atoms with E-state index in [1.165, 1.54) is 0 Å². The van der Waals surface area contributed by atoms with Crippen molar-refractivity contribution in [2.45, 2.75) is 18.9 Å². The first-order valence-corrected chi connectivity index (χ1v) is 8.57. The minimum absolute atomic E-state index is 0.0263. The second-order valence-corrected chi connectivity index (χ2v) is 6.27. The van der Waals surface area contributed by atoms with Gasteiger partial charge in [0.2, 0.25) is 5.91 Å². The molecule has 0 radical (unpaired) electrons. The lowest BCUT2D eigenvalue weighted by molar-refractivity contribution is -0.124. The van der Waals surface area contributed by atoms with Crippen molar-refractivity contribution < 1.29 is 4.79 Å². The van der Waals surface area contributed by atoms with Gasteiger partial charge < -0.3 is 4.90 Å². The molecule has 0 spiro atoms. The van der Waals surface area contributed by atoms with Crippen molar-refractivity contribution >= 4 is 23.4 Å². The van der Waals surface area contributed by atoms with Crippen LogP contribution >= 0.6 is 11.8 Å². The number of likely N-dealkylation sites (N-methyl/N-ethyl adjacent to an activating group) is 1. The van der Waals surface area contributed by atoms with Gasteiger partial charge in [0.1, 0.15) is 0 Å². The number of amides is 1. The van der Waals surface area contributed by atoms with Gasteiger partial charge in [-0.15, -0.1) is 0 Å². The molecule has 1 amide bonds. The molecule has 4 nitrogen and oxygen atoms in total. The van der Waals surface area contributed by atoms with Gasteiger partial charge in [-0.3, -0.25) is 9.69 Å². The standard InChI is InChI=1S/C16H21N3OS/c1-18(10-11-21-2)15-4-3-9-19(16(15)20)14-7-5-13(12-17)6-8-14/h5-8,15H,3-4,9-11H2,1-2H3/t15-/m1/s1. The average molecular weight is 303 g/mol. The second kappa shape index (κ2) is 7.48. The second-order valence-electron chi connectivity index (χ2n) is 5.28. The summed E-state index contributed by atoms with van der Waals surface area (Å²) < 4.78 is 0. The normalized spacial score (nSPS) is 18.9. The Balaban J connectivity index is 2.10. The minimum atomic E-state index is -0.0263. The first-order valence-electron chi connectivity index (χ1n) is 7.18. The Labute approximate surface area is 130 Å². The molecule has 0 saturated carbocycles. The number of rotatable bonds is 5. The summed E-state index contributed by atoms with van der Waals surface area (Å²) in [5.41, 5.74) is 1.51. The zero-order valence-electron chi connectivity index (χ0n) is 12.6. The molecule has 112 valence electrons. The highest BCUT2D eigenvalue weighted by Gasteiger charge is 2.32. The van der Waals surface area contributed by atoms with Gasteiger partial charge in [-0.25, -0.2) is 0 Å². The monoisotopic (exact) mass is 303 g/mol. The van der Waals surface area contributed by atoms with Crippen molar-refractivity contribution in [1.82, 2.24) is 4.90 Å². The van der Waals surface area contributed by atoms with E-state index in [1.54, 1.807) is 23.9 Å². The fraction of sp³-hybridized carbons (Fsp3) is 0.500. The highest BCUT2D eigenvalue weighted by molar-refractivity contribution is 7.98. The molecule has 1 heterocycles. The van der Waals surface area contributed by atoms with Crippen molar-refractivity contribution in [2.24, 2.45) is 0 Å². The van der Waals surface area contributed by atoms with E-state index in [4.69, 9.17) is 5.26 Å². The number of hydrogen-bond acceptors (Lipinski definition) is 4. The van der Waals surface area contributed by atoms with Crippen LogP contribution in [0.15, 0.2) is 24.3 Å². The molecule has 2 rings (SSSR count). The van der Waals surface area contributed by atoms with Crippen LogP contribution in [0.2, 0.25) is 0 Å². The van der Waals surface area contributed by atoms with Crippen molar-refractivity contribution in [3.05, 3.63) is 29.8 Å². The van der Waals surface area contributed by atoms with Gasteiger partial charge in [-0.1, -0.05) is 0 Å². The number of hydrogen-bond donors (Lipinski definition) is 0. The third-order valence-electron chi connectivity index (χ3n) is 3.90. The van der Waals surface area contributed by atoms with Crippen LogP contribution in [-0.2, 0) is 4.79 Å². The zero-order valence-corrected chi connectivity index (χ0v) is 13.4. The SMILES string of the molecule is CSCCN(C)[C@@H]1CCCN(c2ccc(C#N)cc2)C1=O. The van der Waals surface area contributed by atoms with E-state index < -0.39 is 0 Å². The molecule has 1 fully saturated rings. The van der Waals surface area contributed by atoms with E-state index in [2.05, 4.69) is 17.2 Å². The number of carbonyl (C=O) groups excluding carboxylic acids is 1. The Bertz CT molecular complexity index is 523. The molecule has 5 heteroatoms. The molecule has 0 N–H and O–H groups in total. The van der Waals surface area contributed by atoms with Crippen molar-refractivity contribution in [3.8, 4) is 6.07 Å². The fourth-order valence-corrected chi connectivity index (χ4v) is 3.10. The molecule has 1 aliphatic heterocycles. The van der Waals surface area contributed by atoms with Crippen LogP contribution in [0.4, 0.5) is 5.69 Å². The number of piperidine rings is 1. The summed E-state index contributed by atoms with van der Waals surface area (Å²) in [5, 5.41) is 8.85. The molecule has 21 heavy (non-hydrogen) atoms. The quantitative estimate of drug-likeness (QED) is 0.838. The predicted molar refractivity (Wildman–Crippen MR) is 87.5 cm³/mol. The molecular weight excluding hydrogens is 282 g/mol. The number of thioether (sulfide) groups is 1. The van der Waals surface area contributed by atoms with E-state index in [0.29, 0.717) is 5.56 Å². The lowest BCUT2D eigenvalue weighted by Crippen LogP contribution is -2.51. The summed E-state index contributed by atoms with van der Waals surface area (Å²) in [6.45, 7) is 1.69. The van der Waals surface area contributed by atoms with Gasteiger partial charge in [-0.2, -0.15) is 17.0 Å². The smallest absolute Gasteiger partial charge is 0.244 e. The number of carbonyl (C=O) groups is 1. The van der Waals surface area contributed by atoms with Crippen LogP contribution in [-0.4, -0.2) is 49.0 Å². The molecule has 0 bridgehead atoms. The molecule has 0 unspecified atom stereocenters. The molecule has 0 aliphatic carbocycles. The number of nitriles is 1. The topological polar surface area (TPSA) is 47.3 Å². The van der Waals surface area contributed by atoms with Gasteiger partial charge >= 0.3 is 0 Å². The summed E-state index contributed by atoms with van der Waals surface area (Å²) in [6.07, 6.45) is 4.02. The van der Waals surface area contributed by atoms with Crippen LogP contribution < -0.4 is 4.90 Å². The van der Waals surface area contributed by atoms with Gasteiger partial charge in [0, 0.05) is 24.5 Å². The van der Waals surface area contributed by atoms with E-state index in [1.807, 2.05) is 24.1 Å². The summed E-state index contributed by atoms with van der Waals surface area (Å²) in [6, 6.07) is 9.34. The minimum Gasteiger partial charge on any atom is -0.311 e. The van der Waals surface area contributed by atoms with E-state index in [9.17, 15) is 4.79 Å². The summed E-state index contributed by atoms with van der Waals surface area (Å²) >= 11 is 1.80. The number of nitrogens with zero attached hydrogens (tertiary/aromatic N) is 3. The highest BCUT2D eigenvalue weighted by atomic mass is 32.2. The predicted octanol–water partition coefficient (Wildman–Crippen LogP) is 2.35. The van der Waals surface area contributed by atoms with Crippen LogP contribution in [0.3, 0.4) is 0 Å². The molecule has 1 aromatic carbocycles. The van der Waals surface area contributed by atoms with Crippen LogP contribution in [0.1, 0.15) is 18.4 Å². The highest BCUT2D eigenvalue weighted by Crippen LogP contribution is 2.23. The van der Waals surface area contributed by atoms with Crippen LogP contribution in [0, 0.1) is 11.3 Å². The maximum atomic E-state index is 12.7. The summed E-state index contributed by atoms with van der Waals surface area (Å²) in [5.74, 6) is 1.21. The molecule has 1 aliphatic rings. The molecule has 1 saturated heterocycles. The maximum Gasteiger partial charge on any atom is 0.244 e. The van der Waals surface area contributed by atoms with E-state index in [0.717, 1.165) is 37.4 Å². The lowest BCUT2D eigenvalue weighted by atomic mass is 10.0. The van der Waals surface area contributed by atoms with Crippen molar-refractivity contribution in [1.29, 1.82) is 5.26 Å². The Kier molecular flexibility index (Phi) is 5.66. The van der Waals surface area contributed by atoms with Gasteiger partial charge in [0.05, 0.1) is 17.7 Å². The molecule has 0 aromatic heterocycles. The average Bonchev–Trinajstić information content (AvgIpc) is 2.53. The molecule has 1 aromatic rings. The molecule has 1 atom stereocenters. The van der Waals surface area contributed by atoms with Gasteiger partial charge in [0.15, 0.2) is 0 Å². The van der Waals surface area contributed by atoms with Gasteiger partial charge in [0.25, 0.3) is 0 Å². The lowest BCUT2D eigenvalue weighted by Gasteiger charge is -2.36. The number of benzene rings is 1. The van der Waals surface area contributed by atoms with E-state index in [-0.39, 0.29) is 11.9 Å². The van der Waals surface area contributed by atoms with Gasteiger partial charge in [-0.05, 0) is 50.4 Å². The summed E-state index contributed by atoms with van der Waals surface area (Å²) in [7, 11) is 2.03. The Morgan fingerprint density at radius 3 is 2.76 bits per heavy atom. The zero-order chi connectivity index (χ0) is 15.2. The van der Waals surface area contributed by atoms with E-state index >= 15 is 0 Å². The largest absolute Gasteiger partial charge is 0.311 e. The third kappa shape index (κ3) is 3.78. The Morgan fingerprint density at radius 1 is 1.43 bits per heavy atom. The summed E-state index contributed by atoms with van der Waals surface area (Å²) in [4.78, 5) is 16.7. The molecular formula is C16H21N3OS. The first kappa shape index (κ1) is 15.9. The van der Waals surface area contributed by atoms with Crippen molar-refractivity contribution in [3.63, 3.8) is 0 Å². The third-order valence-corrected chi connectivity index (χ3v) is 4.49.